The number of nitrogen functional groups attached to an aromatic ring is 1. The number of aromatic nitrogens is 3. The smallest absolute Gasteiger partial charge is 0.147 e. The molecule has 3 N–H and O–H groups in total. The maximum absolute atomic E-state index is 8.74. The molecule has 0 radical (unpaired) electrons. The summed E-state index contributed by atoms with van der Waals surface area (Å²) in [5.74, 6) is 5.90. The van der Waals surface area contributed by atoms with E-state index in [0.29, 0.717) is 5.82 Å². The van der Waals surface area contributed by atoms with Crippen LogP contribution in [0.1, 0.15) is 25.5 Å². The van der Waals surface area contributed by atoms with Crippen LogP contribution in [0.15, 0.2) is 12.5 Å². The Morgan fingerprint density at radius 3 is 2.88 bits per heavy atom. The highest BCUT2D eigenvalue weighted by Crippen LogP contribution is 2.25. The average Bonchev–Trinajstić information content (AvgIpc) is 2.67. The first-order valence-electron chi connectivity index (χ1n) is 5.36. The van der Waals surface area contributed by atoms with Crippen LogP contribution in [0.3, 0.4) is 0 Å². The van der Waals surface area contributed by atoms with Crippen molar-refractivity contribution in [2.45, 2.75) is 19.9 Å². The number of hydrogen-bond acceptors (Lipinski definition) is 4. The van der Waals surface area contributed by atoms with Crippen molar-refractivity contribution in [2.75, 3.05) is 12.3 Å². The number of aliphatic hydroxyl groups is 1. The topological polar surface area (TPSA) is 77.0 Å². The predicted molar refractivity (Wildman–Crippen MR) is 66.3 cm³/mol. The maximum Gasteiger partial charge on any atom is 0.147 e. The van der Waals surface area contributed by atoms with Crippen LogP contribution < -0.4 is 5.73 Å². The van der Waals surface area contributed by atoms with Crippen molar-refractivity contribution in [1.82, 2.24) is 14.5 Å². The molecule has 0 unspecified atom stereocenters. The van der Waals surface area contributed by atoms with Gasteiger partial charge in [0.25, 0.3) is 0 Å². The second-order valence-corrected chi connectivity index (χ2v) is 3.96. The van der Waals surface area contributed by atoms with E-state index in [1.165, 1.54) is 6.33 Å². The van der Waals surface area contributed by atoms with Gasteiger partial charge >= 0.3 is 0 Å². The third-order valence-electron chi connectivity index (χ3n) is 2.50. The summed E-state index contributed by atoms with van der Waals surface area (Å²) in [7, 11) is 0. The van der Waals surface area contributed by atoms with Crippen LogP contribution in [-0.2, 0) is 0 Å². The first kappa shape index (κ1) is 11.4. The molecule has 2 rings (SSSR count). The quantitative estimate of drug-likeness (QED) is 0.715. The van der Waals surface area contributed by atoms with Gasteiger partial charge in [-0.25, -0.2) is 9.97 Å². The van der Waals surface area contributed by atoms with E-state index in [2.05, 4.69) is 35.7 Å². The van der Waals surface area contributed by atoms with Gasteiger partial charge in [-0.15, -0.1) is 0 Å². The Balaban J connectivity index is 2.76. The van der Waals surface area contributed by atoms with E-state index in [-0.39, 0.29) is 12.6 Å². The van der Waals surface area contributed by atoms with E-state index in [0.717, 1.165) is 16.6 Å². The molecular formula is C12H14N4O. The summed E-state index contributed by atoms with van der Waals surface area (Å²) >= 11 is 0. The highest BCUT2D eigenvalue weighted by Gasteiger charge is 2.13. The van der Waals surface area contributed by atoms with Crippen molar-refractivity contribution in [3.63, 3.8) is 0 Å². The molecule has 0 bridgehead atoms. The van der Waals surface area contributed by atoms with Gasteiger partial charge in [0.15, 0.2) is 0 Å². The largest absolute Gasteiger partial charge is 0.384 e. The molecule has 2 heterocycles. The zero-order valence-electron chi connectivity index (χ0n) is 9.81. The van der Waals surface area contributed by atoms with Crippen molar-refractivity contribution < 1.29 is 5.11 Å². The fourth-order valence-corrected chi connectivity index (χ4v) is 1.73. The van der Waals surface area contributed by atoms with Gasteiger partial charge in [0.2, 0.25) is 0 Å². The summed E-state index contributed by atoms with van der Waals surface area (Å²) in [6.45, 7) is 3.93. The minimum atomic E-state index is -0.179. The average molecular weight is 230 g/mol. The fraction of sp³-hybridized carbons (Fsp3) is 0.333. The van der Waals surface area contributed by atoms with Crippen LogP contribution in [0, 0.1) is 11.8 Å². The highest BCUT2D eigenvalue weighted by molar-refractivity contribution is 5.92. The molecule has 0 atom stereocenters. The number of fused-ring (bicyclic) bond motifs is 1. The lowest BCUT2D eigenvalue weighted by molar-refractivity contribution is 0.350. The summed E-state index contributed by atoms with van der Waals surface area (Å²) in [6.07, 6.45) is 3.34. The molecular weight excluding hydrogens is 216 g/mol. The summed E-state index contributed by atoms with van der Waals surface area (Å²) in [5, 5.41) is 9.49. The van der Waals surface area contributed by atoms with Gasteiger partial charge in [-0.2, -0.15) is 0 Å². The van der Waals surface area contributed by atoms with E-state index >= 15 is 0 Å². The Bertz CT molecular complexity index is 604. The molecule has 0 amide bonds. The Morgan fingerprint density at radius 2 is 2.24 bits per heavy atom. The van der Waals surface area contributed by atoms with Crippen LogP contribution in [0.2, 0.25) is 0 Å². The molecule has 0 saturated carbocycles. The molecule has 0 spiro atoms. The van der Waals surface area contributed by atoms with Crippen molar-refractivity contribution in [3.8, 4) is 11.8 Å². The number of hydrogen-bond donors (Lipinski definition) is 2. The van der Waals surface area contributed by atoms with Gasteiger partial charge < -0.3 is 15.4 Å². The predicted octanol–water partition coefficient (Wildman–Crippen LogP) is 0.938. The highest BCUT2D eigenvalue weighted by atomic mass is 16.2. The first-order chi connectivity index (χ1) is 8.15. The van der Waals surface area contributed by atoms with Gasteiger partial charge in [0, 0.05) is 12.2 Å². The monoisotopic (exact) mass is 230 g/mol. The van der Waals surface area contributed by atoms with Gasteiger partial charge in [0.1, 0.15) is 24.4 Å². The van der Waals surface area contributed by atoms with E-state index in [1.54, 1.807) is 0 Å². The maximum atomic E-state index is 8.74. The minimum Gasteiger partial charge on any atom is -0.384 e. The minimum absolute atomic E-state index is 0.179. The molecule has 0 aliphatic heterocycles. The van der Waals surface area contributed by atoms with Gasteiger partial charge in [-0.05, 0) is 13.8 Å². The number of nitrogens with two attached hydrogens (primary N) is 1. The first-order valence-corrected chi connectivity index (χ1v) is 5.36. The SMILES string of the molecule is CC(C)n1cc(C#CCO)c2c(N)ncnc21. The van der Waals surface area contributed by atoms with E-state index in [4.69, 9.17) is 10.8 Å². The molecule has 0 fully saturated rings. The zero-order valence-corrected chi connectivity index (χ0v) is 9.81. The second kappa shape index (κ2) is 4.44. The molecule has 0 aliphatic carbocycles. The Morgan fingerprint density at radius 1 is 1.47 bits per heavy atom. The molecule has 88 valence electrons. The molecule has 2 aromatic rings. The van der Waals surface area contributed by atoms with Crippen molar-refractivity contribution >= 4 is 16.9 Å². The van der Waals surface area contributed by atoms with E-state index in [1.807, 2.05) is 10.8 Å². The van der Waals surface area contributed by atoms with E-state index < -0.39 is 0 Å². The van der Waals surface area contributed by atoms with Crippen LogP contribution in [0.4, 0.5) is 5.82 Å². The number of aliphatic hydroxyl groups excluding tert-OH is 1. The van der Waals surface area contributed by atoms with Crippen LogP contribution >= 0.6 is 0 Å². The van der Waals surface area contributed by atoms with Crippen molar-refractivity contribution in [1.29, 1.82) is 0 Å². The van der Waals surface area contributed by atoms with Gasteiger partial charge in [-0.3, -0.25) is 0 Å². The number of anilines is 1. The second-order valence-electron chi connectivity index (χ2n) is 3.96. The van der Waals surface area contributed by atoms with Crippen LogP contribution in [0.5, 0.6) is 0 Å². The third-order valence-corrected chi connectivity index (χ3v) is 2.50. The lowest BCUT2D eigenvalue weighted by atomic mass is 10.2. The lowest BCUT2D eigenvalue weighted by Crippen LogP contribution is -2.00. The van der Waals surface area contributed by atoms with Crippen molar-refractivity contribution in [2.24, 2.45) is 0 Å². The van der Waals surface area contributed by atoms with Crippen molar-refractivity contribution in [3.05, 3.63) is 18.1 Å². The molecule has 2 aromatic heterocycles. The lowest BCUT2D eigenvalue weighted by Gasteiger charge is -2.07. The van der Waals surface area contributed by atoms with E-state index in [9.17, 15) is 0 Å². The van der Waals surface area contributed by atoms with Gasteiger partial charge in [0.05, 0.1) is 10.9 Å². The molecule has 17 heavy (non-hydrogen) atoms. The summed E-state index contributed by atoms with van der Waals surface area (Å²) < 4.78 is 1.99. The Kier molecular flexibility index (Phi) is 2.98. The standard InChI is InChI=1S/C12H14N4O/c1-8(2)16-6-9(4-3-5-17)10-11(13)14-7-15-12(10)16/h6-8,17H,5H2,1-2H3,(H2,13,14,15). The molecule has 5 heteroatoms. The summed E-state index contributed by atoms with van der Waals surface area (Å²) in [5.41, 5.74) is 7.37. The summed E-state index contributed by atoms with van der Waals surface area (Å²) in [4.78, 5) is 8.21. The molecule has 0 saturated heterocycles. The molecule has 0 aliphatic rings. The third kappa shape index (κ3) is 1.95. The van der Waals surface area contributed by atoms with Gasteiger partial charge in [-0.1, -0.05) is 11.8 Å². The number of nitrogens with zero attached hydrogens (tertiary/aromatic N) is 3. The van der Waals surface area contributed by atoms with Crippen LogP contribution in [0.25, 0.3) is 11.0 Å². The number of rotatable bonds is 1. The molecule has 0 aromatic carbocycles. The zero-order chi connectivity index (χ0) is 12.4. The Labute approximate surface area is 99.3 Å². The summed E-state index contributed by atoms with van der Waals surface area (Å²) in [6, 6.07) is 0.261. The fourth-order valence-electron chi connectivity index (χ4n) is 1.73. The normalized spacial score (nSPS) is 10.6. The molecule has 5 nitrogen and oxygen atoms in total. The van der Waals surface area contributed by atoms with Crippen LogP contribution in [-0.4, -0.2) is 26.2 Å². The Hall–Kier alpha value is -2.06.